The van der Waals surface area contributed by atoms with Crippen LogP contribution in [0.3, 0.4) is 0 Å². The summed E-state index contributed by atoms with van der Waals surface area (Å²) in [4.78, 5) is 0. The Balaban J connectivity index is 2.31. The van der Waals surface area contributed by atoms with Crippen LogP contribution in [0.15, 0.2) is 48.5 Å². The van der Waals surface area contributed by atoms with Gasteiger partial charge in [0, 0.05) is 0 Å². The summed E-state index contributed by atoms with van der Waals surface area (Å²) in [6.07, 6.45) is 0. The lowest BCUT2D eigenvalue weighted by Gasteiger charge is -2.10. The quantitative estimate of drug-likeness (QED) is 0.673. The molecule has 0 heterocycles. The number of aryl methyl sites for hydroxylation is 1. The minimum Gasteiger partial charge on any atom is -0.207 e. The Morgan fingerprint density at radius 3 is 2.31 bits per heavy atom. The molecule has 2 rings (SSSR count). The lowest BCUT2D eigenvalue weighted by molar-refractivity contribution is 0.627. The van der Waals surface area contributed by atoms with E-state index in [1.165, 1.54) is 17.7 Å². The number of benzene rings is 2. The van der Waals surface area contributed by atoms with Crippen LogP contribution in [-0.2, 0) is 0 Å². The van der Waals surface area contributed by atoms with Gasteiger partial charge in [-0.2, -0.15) is 0 Å². The third-order valence-electron chi connectivity index (χ3n) is 2.50. The van der Waals surface area contributed by atoms with Gasteiger partial charge in [-0.3, -0.25) is 0 Å². The van der Waals surface area contributed by atoms with Crippen molar-refractivity contribution in [2.24, 2.45) is 0 Å². The van der Waals surface area contributed by atoms with Crippen LogP contribution >= 0.6 is 11.6 Å². The summed E-state index contributed by atoms with van der Waals surface area (Å²) in [5.41, 5.74) is 3.12. The van der Waals surface area contributed by atoms with Gasteiger partial charge in [0.25, 0.3) is 0 Å². The van der Waals surface area contributed by atoms with Crippen LogP contribution in [0.25, 0.3) is 0 Å². The molecule has 0 aliphatic heterocycles. The molecule has 0 unspecified atom stereocenters. The van der Waals surface area contributed by atoms with Gasteiger partial charge >= 0.3 is 0 Å². The molecule has 0 bridgehead atoms. The molecule has 2 heteroatoms. The Hall–Kier alpha value is -1.34. The summed E-state index contributed by atoms with van der Waals surface area (Å²) in [7, 11) is 0. The monoisotopic (exact) mass is 234 g/mol. The molecule has 82 valence electrons. The lowest BCUT2D eigenvalue weighted by atomic mass is 10.0. The zero-order chi connectivity index (χ0) is 11.5. The Morgan fingerprint density at radius 1 is 1.00 bits per heavy atom. The fourth-order valence-electron chi connectivity index (χ4n) is 1.65. The maximum Gasteiger partial charge on any atom is 0.123 e. The van der Waals surface area contributed by atoms with Gasteiger partial charge in [-0.05, 0) is 30.2 Å². The molecule has 0 aromatic heterocycles. The van der Waals surface area contributed by atoms with E-state index in [0.29, 0.717) is 0 Å². The van der Waals surface area contributed by atoms with Crippen LogP contribution in [0, 0.1) is 12.7 Å². The van der Waals surface area contributed by atoms with E-state index >= 15 is 0 Å². The van der Waals surface area contributed by atoms with Gasteiger partial charge in [0.05, 0.1) is 5.38 Å². The maximum absolute atomic E-state index is 12.8. The van der Waals surface area contributed by atoms with E-state index in [1.807, 2.05) is 31.2 Å². The number of rotatable bonds is 2. The van der Waals surface area contributed by atoms with Gasteiger partial charge in [-0.25, -0.2) is 4.39 Å². The Kier molecular flexibility index (Phi) is 3.25. The molecule has 0 nitrogen and oxygen atoms in total. The number of hydrogen-bond donors (Lipinski definition) is 0. The standard InChI is InChI=1S/C14H12ClF/c1-10-3-2-4-12(9-10)14(15)11-5-7-13(16)8-6-11/h2-9,14H,1H3/t14-/m1/s1. The van der Waals surface area contributed by atoms with E-state index in [2.05, 4.69) is 0 Å². The van der Waals surface area contributed by atoms with Crippen LogP contribution in [-0.4, -0.2) is 0 Å². The molecule has 16 heavy (non-hydrogen) atoms. The van der Waals surface area contributed by atoms with E-state index in [-0.39, 0.29) is 11.2 Å². The van der Waals surface area contributed by atoms with Crippen molar-refractivity contribution in [2.75, 3.05) is 0 Å². The molecule has 1 atom stereocenters. The SMILES string of the molecule is Cc1cccc([C@H](Cl)c2ccc(F)cc2)c1. The zero-order valence-corrected chi connectivity index (χ0v) is 9.71. The maximum atomic E-state index is 12.8. The molecule has 0 fully saturated rings. The van der Waals surface area contributed by atoms with Crippen molar-refractivity contribution in [3.8, 4) is 0 Å². The largest absolute Gasteiger partial charge is 0.207 e. The van der Waals surface area contributed by atoms with Gasteiger partial charge in [-0.1, -0.05) is 42.0 Å². The highest BCUT2D eigenvalue weighted by atomic mass is 35.5. The number of hydrogen-bond acceptors (Lipinski definition) is 0. The van der Waals surface area contributed by atoms with E-state index in [4.69, 9.17) is 11.6 Å². The predicted octanol–water partition coefficient (Wildman–Crippen LogP) is 4.46. The molecular formula is C14H12ClF. The topological polar surface area (TPSA) is 0 Å². The summed E-state index contributed by atoms with van der Waals surface area (Å²) in [6, 6.07) is 14.3. The fourth-order valence-corrected chi connectivity index (χ4v) is 1.93. The minimum absolute atomic E-state index is 0.222. The summed E-state index contributed by atoms with van der Waals surface area (Å²) >= 11 is 6.33. The molecule has 2 aromatic carbocycles. The zero-order valence-electron chi connectivity index (χ0n) is 8.95. The van der Waals surface area contributed by atoms with Crippen molar-refractivity contribution >= 4 is 11.6 Å². The first-order chi connectivity index (χ1) is 7.66. The molecule has 2 aromatic rings. The molecule has 0 saturated heterocycles. The van der Waals surface area contributed by atoms with Gasteiger partial charge in [-0.15, -0.1) is 11.6 Å². The van der Waals surface area contributed by atoms with Crippen LogP contribution in [0.2, 0.25) is 0 Å². The van der Waals surface area contributed by atoms with Gasteiger partial charge in [0.15, 0.2) is 0 Å². The first-order valence-electron chi connectivity index (χ1n) is 5.13. The minimum atomic E-state index is -0.239. The summed E-state index contributed by atoms with van der Waals surface area (Å²) < 4.78 is 12.8. The molecule has 0 amide bonds. The van der Waals surface area contributed by atoms with Crippen LogP contribution < -0.4 is 0 Å². The molecule has 0 aliphatic carbocycles. The van der Waals surface area contributed by atoms with Gasteiger partial charge < -0.3 is 0 Å². The van der Waals surface area contributed by atoms with Gasteiger partial charge in [0.1, 0.15) is 5.82 Å². The van der Waals surface area contributed by atoms with E-state index in [9.17, 15) is 4.39 Å². The van der Waals surface area contributed by atoms with Crippen LogP contribution in [0.1, 0.15) is 22.1 Å². The molecule has 0 saturated carbocycles. The van der Waals surface area contributed by atoms with Crippen LogP contribution in [0.4, 0.5) is 4.39 Å². The molecule has 0 spiro atoms. The second kappa shape index (κ2) is 4.67. The van der Waals surface area contributed by atoms with Crippen molar-refractivity contribution < 1.29 is 4.39 Å². The van der Waals surface area contributed by atoms with Crippen molar-refractivity contribution in [1.29, 1.82) is 0 Å². The fraction of sp³-hybridized carbons (Fsp3) is 0.143. The normalized spacial score (nSPS) is 12.4. The Bertz CT molecular complexity index is 476. The molecule has 0 radical (unpaired) electrons. The average molecular weight is 235 g/mol. The lowest BCUT2D eigenvalue weighted by Crippen LogP contribution is -1.93. The highest BCUT2D eigenvalue weighted by molar-refractivity contribution is 6.22. The molecule has 0 aliphatic rings. The molecule has 0 N–H and O–H groups in total. The average Bonchev–Trinajstić information content (AvgIpc) is 2.29. The number of alkyl halides is 1. The first-order valence-corrected chi connectivity index (χ1v) is 5.56. The third kappa shape index (κ3) is 2.42. The van der Waals surface area contributed by atoms with E-state index < -0.39 is 0 Å². The second-order valence-electron chi connectivity index (χ2n) is 3.83. The van der Waals surface area contributed by atoms with E-state index in [1.54, 1.807) is 12.1 Å². The van der Waals surface area contributed by atoms with Crippen molar-refractivity contribution in [1.82, 2.24) is 0 Å². The second-order valence-corrected chi connectivity index (χ2v) is 4.26. The van der Waals surface area contributed by atoms with Crippen molar-refractivity contribution in [2.45, 2.75) is 12.3 Å². The first kappa shape index (κ1) is 11.2. The summed E-state index contributed by atoms with van der Waals surface area (Å²) in [5, 5.41) is -0.222. The van der Waals surface area contributed by atoms with Gasteiger partial charge in [0.2, 0.25) is 0 Å². The highest BCUT2D eigenvalue weighted by Gasteiger charge is 2.10. The number of halogens is 2. The van der Waals surface area contributed by atoms with Crippen LogP contribution in [0.5, 0.6) is 0 Å². The predicted molar refractivity (Wildman–Crippen MR) is 65.3 cm³/mol. The molecular weight excluding hydrogens is 223 g/mol. The smallest absolute Gasteiger partial charge is 0.123 e. The Morgan fingerprint density at radius 2 is 1.69 bits per heavy atom. The highest BCUT2D eigenvalue weighted by Crippen LogP contribution is 2.29. The Labute approximate surface area is 99.7 Å². The van der Waals surface area contributed by atoms with Crippen molar-refractivity contribution in [3.05, 3.63) is 71.0 Å². The van der Waals surface area contributed by atoms with E-state index in [0.717, 1.165) is 11.1 Å². The summed E-state index contributed by atoms with van der Waals surface area (Å²) in [5.74, 6) is -0.239. The summed E-state index contributed by atoms with van der Waals surface area (Å²) in [6.45, 7) is 2.03. The van der Waals surface area contributed by atoms with Crippen molar-refractivity contribution in [3.63, 3.8) is 0 Å². The third-order valence-corrected chi connectivity index (χ3v) is 3.00.